The van der Waals surface area contributed by atoms with Gasteiger partial charge in [0.2, 0.25) is 0 Å². The highest BCUT2D eigenvalue weighted by molar-refractivity contribution is 14.1. The summed E-state index contributed by atoms with van der Waals surface area (Å²) in [6.45, 7) is 14.1. The lowest BCUT2D eigenvalue weighted by Gasteiger charge is -2.37. The van der Waals surface area contributed by atoms with Crippen LogP contribution in [-0.4, -0.2) is 17.6 Å². The van der Waals surface area contributed by atoms with Crippen LogP contribution in [0.2, 0.25) is 16.6 Å². The van der Waals surface area contributed by atoms with Crippen LogP contribution in [0.4, 0.5) is 0 Å². The first-order valence-corrected chi connectivity index (χ1v) is 11.9. The van der Waals surface area contributed by atoms with Crippen molar-refractivity contribution >= 4 is 30.7 Å². The highest BCUT2D eigenvalue weighted by Gasteiger charge is 2.41. The van der Waals surface area contributed by atoms with Gasteiger partial charge in [0.05, 0.1) is 5.69 Å². The van der Waals surface area contributed by atoms with Gasteiger partial charge in [-0.05, 0) is 16.6 Å². The van der Waals surface area contributed by atoms with E-state index in [1.807, 2.05) is 22.8 Å². The second-order valence-electron chi connectivity index (χ2n) is 7.27. The first-order chi connectivity index (χ1) is 11.3. The standard InChI is InChI=1S/C20H27IN2Si/c1-15(2)24(16(3)4,17(5)6)13-12-23-14-19(22-20(23)21)18-10-8-7-9-11-18/h7-11,14-17H,1-6H3. The second-order valence-corrected chi connectivity index (χ2v) is 13.8. The molecule has 0 saturated heterocycles. The van der Waals surface area contributed by atoms with Crippen molar-refractivity contribution in [3.8, 4) is 22.8 Å². The number of nitrogens with zero attached hydrogens (tertiary/aromatic N) is 2. The van der Waals surface area contributed by atoms with E-state index in [1.54, 1.807) is 0 Å². The van der Waals surface area contributed by atoms with Gasteiger partial charge in [0.15, 0.2) is 3.83 Å². The topological polar surface area (TPSA) is 17.8 Å². The molecular formula is C20H27IN2Si. The number of hydrogen-bond acceptors (Lipinski definition) is 1. The molecular weight excluding hydrogens is 423 g/mol. The zero-order valence-electron chi connectivity index (χ0n) is 15.5. The number of rotatable bonds is 4. The average Bonchev–Trinajstić information content (AvgIpc) is 2.89. The van der Waals surface area contributed by atoms with E-state index >= 15 is 0 Å². The molecule has 0 unspecified atom stereocenters. The SMILES string of the molecule is CC(C)[Si](C#Cn1cc(-c2ccccc2)nc1I)(C(C)C)C(C)C. The molecule has 0 N–H and O–H groups in total. The molecule has 0 spiro atoms. The largest absolute Gasteiger partial charge is 0.254 e. The monoisotopic (exact) mass is 450 g/mol. The summed E-state index contributed by atoms with van der Waals surface area (Å²) < 4.78 is 2.93. The molecule has 128 valence electrons. The molecule has 2 nitrogen and oxygen atoms in total. The van der Waals surface area contributed by atoms with Crippen LogP contribution in [0.1, 0.15) is 41.5 Å². The molecule has 2 aromatic rings. The van der Waals surface area contributed by atoms with Gasteiger partial charge < -0.3 is 0 Å². The summed E-state index contributed by atoms with van der Waals surface area (Å²) in [7, 11) is -1.72. The highest BCUT2D eigenvalue weighted by atomic mass is 127. The molecule has 0 aliphatic heterocycles. The summed E-state index contributed by atoms with van der Waals surface area (Å²) in [5, 5.41) is 0. The Morgan fingerprint density at radius 3 is 2.00 bits per heavy atom. The molecule has 1 aromatic carbocycles. The van der Waals surface area contributed by atoms with Crippen LogP contribution in [0.5, 0.6) is 0 Å². The lowest BCUT2D eigenvalue weighted by molar-refractivity contribution is 0.837. The highest BCUT2D eigenvalue weighted by Crippen LogP contribution is 2.40. The van der Waals surface area contributed by atoms with E-state index in [2.05, 4.69) is 99.0 Å². The average molecular weight is 450 g/mol. The smallest absolute Gasteiger partial charge is 0.183 e. The fourth-order valence-electron chi connectivity index (χ4n) is 3.77. The number of imidazole rings is 1. The Hall–Kier alpha value is -1.06. The van der Waals surface area contributed by atoms with Crippen molar-refractivity contribution in [3.63, 3.8) is 0 Å². The Labute approximate surface area is 161 Å². The number of hydrogen-bond donors (Lipinski definition) is 0. The van der Waals surface area contributed by atoms with Gasteiger partial charge in [-0.1, -0.05) is 71.9 Å². The predicted octanol–water partition coefficient (Wildman–Crippen LogP) is 6.18. The van der Waals surface area contributed by atoms with Crippen molar-refractivity contribution in [1.82, 2.24) is 9.55 Å². The van der Waals surface area contributed by atoms with Gasteiger partial charge in [-0.2, -0.15) is 0 Å². The normalized spacial score (nSPS) is 11.9. The van der Waals surface area contributed by atoms with Gasteiger partial charge in [-0.25, -0.2) is 4.98 Å². The van der Waals surface area contributed by atoms with Crippen molar-refractivity contribution in [2.45, 2.75) is 58.2 Å². The molecule has 0 aliphatic rings. The van der Waals surface area contributed by atoms with E-state index in [9.17, 15) is 0 Å². The summed E-state index contributed by atoms with van der Waals surface area (Å²) >= 11 is 2.28. The number of benzene rings is 1. The molecule has 2 rings (SSSR count). The summed E-state index contributed by atoms with van der Waals surface area (Å²) in [6, 6.07) is 13.7. The lowest BCUT2D eigenvalue weighted by atomic mass is 10.2. The molecule has 1 heterocycles. The van der Waals surface area contributed by atoms with Crippen LogP contribution in [0.3, 0.4) is 0 Å². The molecule has 0 fully saturated rings. The summed E-state index contributed by atoms with van der Waals surface area (Å²) in [4.78, 5) is 4.68. The molecule has 0 bridgehead atoms. The van der Waals surface area contributed by atoms with Gasteiger partial charge in [0, 0.05) is 40.4 Å². The van der Waals surface area contributed by atoms with E-state index in [1.165, 1.54) is 0 Å². The Balaban J connectivity index is 2.45. The van der Waals surface area contributed by atoms with Crippen molar-refractivity contribution in [2.24, 2.45) is 0 Å². The second kappa shape index (κ2) is 7.88. The third kappa shape index (κ3) is 3.78. The van der Waals surface area contributed by atoms with Gasteiger partial charge >= 0.3 is 0 Å². The molecule has 0 aliphatic carbocycles. The van der Waals surface area contributed by atoms with Gasteiger partial charge in [0.25, 0.3) is 0 Å². The van der Waals surface area contributed by atoms with Gasteiger partial charge in [-0.15, -0.1) is 5.54 Å². The quantitative estimate of drug-likeness (QED) is 0.309. The first kappa shape index (κ1) is 19.3. The van der Waals surface area contributed by atoms with Crippen molar-refractivity contribution in [3.05, 3.63) is 40.4 Å². The van der Waals surface area contributed by atoms with Crippen molar-refractivity contribution < 1.29 is 0 Å². The molecule has 0 saturated carbocycles. The van der Waals surface area contributed by atoms with E-state index in [-0.39, 0.29) is 0 Å². The van der Waals surface area contributed by atoms with Crippen LogP contribution in [-0.2, 0) is 0 Å². The third-order valence-electron chi connectivity index (χ3n) is 4.99. The lowest BCUT2D eigenvalue weighted by Crippen LogP contribution is -2.43. The Bertz CT molecular complexity index is 714. The summed E-state index contributed by atoms with van der Waals surface area (Å²) in [5.41, 5.74) is 7.80. The molecule has 0 amide bonds. The number of aromatic nitrogens is 2. The van der Waals surface area contributed by atoms with E-state index in [0.29, 0.717) is 16.6 Å². The van der Waals surface area contributed by atoms with E-state index in [0.717, 1.165) is 15.1 Å². The van der Waals surface area contributed by atoms with E-state index < -0.39 is 8.07 Å². The van der Waals surface area contributed by atoms with Crippen LogP contribution >= 0.6 is 22.6 Å². The molecule has 24 heavy (non-hydrogen) atoms. The van der Waals surface area contributed by atoms with Crippen LogP contribution in [0, 0.1) is 15.4 Å². The Morgan fingerprint density at radius 1 is 0.958 bits per heavy atom. The first-order valence-electron chi connectivity index (χ1n) is 8.62. The molecule has 1 aromatic heterocycles. The fraction of sp³-hybridized carbons (Fsp3) is 0.450. The van der Waals surface area contributed by atoms with Gasteiger partial charge in [-0.3, -0.25) is 4.57 Å². The molecule has 4 heteroatoms. The Morgan fingerprint density at radius 2 is 1.50 bits per heavy atom. The minimum absolute atomic E-state index is 0.639. The predicted molar refractivity (Wildman–Crippen MR) is 115 cm³/mol. The van der Waals surface area contributed by atoms with Gasteiger partial charge in [0.1, 0.15) is 8.07 Å². The summed E-state index contributed by atoms with van der Waals surface area (Å²) in [6.07, 6.45) is 2.06. The number of halogens is 1. The van der Waals surface area contributed by atoms with Crippen molar-refractivity contribution in [1.29, 1.82) is 0 Å². The zero-order valence-corrected chi connectivity index (χ0v) is 18.6. The Kier molecular flexibility index (Phi) is 6.32. The molecule has 0 radical (unpaired) electrons. The zero-order chi connectivity index (χ0) is 17.9. The van der Waals surface area contributed by atoms with E-state index in [4.69, 9.17) is 0 Å². The van der Waals surface area contributed by atoms with Crippen LogP contribution in [0.15, 0.2) is 36.5 Å². The maximum absolute atomic E-state index is 4.68. The third-order valence-corrected chi connectivity index (χ3v) is 12.0. The van der Waals surface area contributed by atoms with Crippen LogP contribution < -0.4 is 0 Å². The maximum Gasteiger partial charge on any atom is 0.183 e. The maximum atomic E-state index is 4.68. The van der Waals surface area contributed by atoms with Crippen molar-refractivity contribution in [2.75, 3.05) is 0 Å². The molecule has 0 atom stereocenters. The minimum Gasteiger partial charge on any atom is -0.254 e. The summed E-state index contributed by atoms with van der Waals surface area (Å²) in [5.74, 6) is 0. The van der Waals surface area contributed by atoms with Crippen LogP contribution in [0.25, 0.3) is 11.3 Å². The minimum atomic E-state index is -1.72. The fourth-order valence-corrected chi connectivity index (χ4v) is 9.47.